The molecule has 0 bridgehead atoms. The molecule has 2 rings (SSSR count). The number of nitrogens with one attached hydrogen (secondary N) is 1. The van der Waals surface area contributed by atoms with Gasteiger partial charge in [0.15, 0.2) is 17.7 Å². The molecule has 0 spiro atoms. The quantitative estimate of drug-likeness (QED) is 0.779. The van der Waals surface area contributed by atoms with Gasteiger partial charge in [0.1, 0.15) is 0 Å². The van der Waals surface area contributed by atoms with E-state index in [4.69, 9.17) is 4.74 Å². The van der Waals surface area contributed by atoms with Crippen LogP contribution in [-0.2, 0) is 4.79 Å². The van der Waals surface area contributed by atoms with Gasteiger partial charge in [-0.1, -0.05) is 49.7 Å². The lowest BCUT2D eigenvalue weighted by atomic mass is 9.97. The predicted octanol–water partition coefficient (Wildman–Crippen LogP) is 4.87. The summed E-state index contributed by atoms with van der Waals surface area (Å²) in [6.45, 7) is 7.97. The van der Waals surface area contributed by atoms with Gasteiger partial charge in [-0.05, 0) is 49.9 Å². The Morgan fingerprint density at radius 1 is 1.12 bits per heavy atom. The van der Waals surface area contributed by atoms with Gasteiger partial charge in [-0.2, -0.15) is 0 Å². The molecule has 3 nitrogen and oxygen atoms in total. The van der Waals surface area contributed by atoms with Crippen molar-refractivity contribution < 1.29 is 13.9 Å². The number of hydrogen-bond acceptors (Lipinski definition) is 2. The van der Waals surface area contributed by atoms with Crippen molar-refractivity contribution in [3.8, 4) is 5.75 Å². The summed E-state index contributed by atoms with van der Waals surface area (Å²) in [6, 6.07) is 12.3. The minimum Gasteiger partial charge on any atom is -0.478 e. The number of aryl methyl sites for hydroxylation is 2. The van der Waals surface area contributed by atoms with Crippen LogP contribution >= 0.6 is 0 Å². The van der Waals surface area contributed by atoms with Crippen molar-refractivity contribution in [1.82, 2.24) is 5.32 Å². The van der Waals surface area contributed by atoms with E-state index in [1.54, 1.807) is 12.1 Å². The van der Waals surface area contributed by atoms with E-state index >= 15 is 0 Å². The molecule has 1 amide bonds. The Kier molecular flexibility index (Phi) is 6.57. The van der Waals surface area contributed by atoms with E-state index in [2.05, 4.69) is 17.4 Å². The van der Waals surface area contributed by atoms with Crippen molar-refractivity contribution in [3.63, 3.8) is 0 Å². The van der Waals surface area contributed by atoms with Crippen molar-refractivity contribution >= 4 is 5.91 Å². The summed E-state index contributed by atoms with van der Waals surface area (Å²) in [6.07, 6.45) is 0.506. The summed E-state index contributed by atoms with van der Waals surface area (Å²) in [5.74, 6) is -0.586. The molecular formula is C21H26FNO2. The van der Waals surface area contributed by atoms with Gasteiger partial charge in [-0.15, -0.1) is 0 Å². The molecule has 0 saturated heterocycles. The second kappa shape index (κ2) is 8.65. The molecule has 2 aromatic carbocycles. The lowest BCUT2D eigenvalue weighted by Crippen LogP contribution is -2.40. The first-order valence-electron chi connectivity index (χ1n) is 8.75. The zero-order valence-corrected chi connectivity index (χ0v) is 15.3. The van der Waals surface area contributed by atoms with Crippen LogP contribution in [0, 0.1) is 19.7 Å². The maximum absolute atomic E-state index is 13.8. The standard InChI is InChI=1S/C21H26FNO2/c1-5-18(16-12-11-14(3)13-15(16)4)23-21(24)19(6-2)25-20-10-8-7-9-17(20)22/h7-13,18-19H,5-6H2,1-4H3,(H,23,24)/t18-,19-/m1/s1. The second-order valence-electron chi connectivity index (χ2n) is 6.27. The molecule has 0 radical (unpaired) electrons. The van der Waals surface area contributed by atoms with Crippen LogP contribution in [0.3, 0.4) is 0 Å². The first kappa shape index (κ1) is 19.0. The SMILES string of the molecule is CC[C@@H](Oc1ccccc1F)C(=O)N[C@H](CC)c1ccc(C)cc1C. The normalized spacial score (nSPS) is 13.2. The van der Waals surface area contributed by atoms with Crippen LogP contribution in [-0.4, -0.2) is 12.0 Å². The van der Waals surface area contributed by atoms with Crippen molar-refractivity contribution in [2.45, 2.75) is 52.7 Å². The summed E-state index contributed by atoms with van der Waals surface area (Å²) in [5.41, 5.74) is 3.44. The monoisotopic (exact) mass is 343 g/mol. The average Bonchev–Trinajstić information content (AvgIpc) is 2.59. The number of para-hydroxylation sites is 1. The molecule has 0 unspecified atom stereocenters. The first-order valence-corrected chi connectivity index (χ1v) is 8.75. The van der Waals surface area contributed by atoms with E-state index < -0.39 is 11.9 Å². The van der Waals surface area contributed by atoms with Crippen molar-refractivity contribution in [3.05, 3.63) is 65.0 Å². The van der Waals surface area contributed by atoms with Crippen molar-refractivity contribution in [2.75, 3.05) is 0 Å². The molecule has 134 valence electrons. The maximum Gasteiger partial charge on any atom is 0.261 e. The topological polar surface area (TPSA) is 38.3 Å². The van der Waals surface area contributed by atoms with Gasteiger partial charge in [0.05, 0.1) is 6.04 Å². The number of hydrogen-bond donors (Lipinski definition) is 1. The highest BCUT2D eigenvalue weighted by molar-refractivity contribution is 5.81. The number of carbonyl (C=O) groups excluding carboxylic acids is 1. The second-order valence-corrected chi connectivity index (χ2v) is 6.27. The molecule has 0 fully saturated rings. The van der Waals surface area contributed by atoms with E-state index in [-0.39, 0.29) is 17.7 Å². The zero-order chi connectivity index (χ0) is 18.4. The lowest BCUT2D eigenvalue weighted by Gasteiger charge is -2.24. The number of carbonyl (C=O) groups is 1. The lowest BCUT2D eigenvalue weighted by molar-refractivity contribution is -0.129. The maximum atomic E-state index is 13.8. The highest BCUT2D eigenvalue weighted by Crippen LogP contribution is 2.23. The van der Waals surface area contributed by atoms with Crippen LogP contribution in [0.5, 0.6) is 5.75 Å². The van der Waals surface area contributed by atoms with Gasteiger partial charge in [0.2, 0.25) is 0 Å². The third-order valence-electron chi connectivity index (χ3n) is 4.29. The van der Waals surface area contributed by atoms with Crippen LogP contribution in [0.1, 0.15) is 49.4 Å². The number of benzene rings is 2. The third kappa shape index (κ3) is 4.81. The smallest absolute Gasteiger partial charge is 0.261 e. The van der Waals surface area contributed by atoms with Gasteiger partial charge in [-0.25, -0.2) is 4.39 Å². The Morgan fingerprint density at radius 3 is 2.44 bits per heavy atom. The van der Waals surface area contributed by atoms with Gasteiger partial charge in [0, 0.05) is 0 Å². The highest BCUT2D eigenvalue weighted by atomic mass is 19.1. The molecule has 0 heterocycles. The van der Waals surface area contributed by atoms with E-state index in [0.29, 0.717) is 6.42 Å². The largest absolute Gasteiger partial charge is 0.478 e. The van der Waals surface area contributed by atoms with Crippen LogP contribution in [0.25, 0.3) is 0 Å². The molecular weight excluding hydrogens is 317 g/mol. The minimum absolute atomic E-state index is 0.0913. The first-order chi connectivity index (χ1) is 12.0. The molecule has 2 aromatic rings. The van der Waals surface area contributed by atoms with Gasteiger partial charge >= 0.3 is 0 Å². The zero-order valence-electron chi connectivity index (χ0n) is 15.3. The van der Waals surface area contributed by atoms with E-state index in [1.807, 2.05) is 33.8 Å². The molecule has 0 aromatic heterocycles. The summed E-state index contributed by atoms with van der Waals surface area (Å²) in [7, 11) is 0. The number of rotatable bonds is 7. The number of ether oxygens (including phenoxy) is 1. The predicted molar refractivity (Wildman–Crippen MR) is 98.2 cm³/mol. The summed E-state index contributed by atoms with van der Waals surface area (Å²) in [4.78, 5) is 12.7. The molecule has 1 N–H and O–H groups in total. The number of amides is 1. The summed E-state index contributed by atoms with van der Waals surface area (Å²) in [5, 5.41) is 3.05. The fourth-order valence-electron chi connectivity index (χ4n) is 2.90. The Labute approximate surface area is 149 Å². The molecule has 0 saturated carbocycles. The fraction of sp³-hybridized carbons (Fsp3) is 0.381. The Balaban J connectivity index is 2.12. The average molecular weight is 343 g/mol. The minimum atomic E-state index is -0.725. The third-order valence-corrected chi connectivity index (χ3v) is 4.29. The Hall–Kier alpha value is -2.36. The van der Waals surface area contributed by atoms with Crippen LogP contribution in [0.2, 0.25) is 0 Å². The fourth-order valence-corrected chi connectivity index (χ4v) is 2.90. The molecule has 0 aliphatic heterocycles. The molecule has 0 aliphatic carbocycles. The van der Waals surface area contributed by atoms with Gasteiger partial charge in [0.25, 0.3) is 5.91 Å². The van der Waals surface area contributed by atoms with E-state index in [9.17, 15) is 9.18 Å². The highest BCUT2D eigenvalue weighted by Gasteiger charge is 2.23. The van der Waals surface area contributed by atoms with Gasteiger partial charge in [-0.3, -0.25) is 4.79 Å². The molecule has 2 atom stereocenters. The van der Waals surface area contributed by atoms with E-state index in [1.165, 1.54) is 17.7 Å². The van der Waals surface area contributed by atoms with Crippen LogP contribution < -0.4 is 10.1 Å². The molecule has 4 heteroatoms. The van der Waals surface area contributed by atoms with Crippen LogP contribution in [0.4, 0.5) is 4.39 Å². The Bertz CT molecular complexity index is 730. The summed E-state index contributed by atoms with van der Waals surface area (Å²) < 4.78 is 19.4. The van der Waals surface area contributed by atoms with Crippen molar-refractivity contribution in [2.24, 2.45) is 0 Å². The number of halogens is 1. The van der Waals surface area contributed by atoms with Crippen LogP contribution in [0.15, 0.2) is 42.5 Å². The summed E-state index contributed by atoms with van der Waals surface area (Å²) >= 11 is 0. The van der Waals surface area contributed by atoms with Crippen molar-refractivity contribution in [1.29, 1.82) is 0 Å². The van der Waals surface area contributed by atoms with Gasteiger partial charge < -0.3 is 10.1 Å². The molecule has 0 aliphatic rings. The van der Waals surface area contributed by atoms with E-state index in [0.717, 1.165) is 17.5 Å². The molecule has 25 heavy (non-hydrogen) atoms. The Morgan fingerprint density at radius 2 is 1.84 bits per heavy atom.